The topological polar surface area (TPSA) is 91.1 Å². The number of nitrogens with two attached hydrogens (primary N) is 2. The van der Waals surface area contributed by atoms with E-state index in [9.17, 15) is 9.59 Å². The molecule has 0 radical (unpaired) electrons. The van der Waals surface area contributed by atoms with Crippen molar-refractivity contribution in [3.63, 3.8) is 0 Å². The van der Waals surface area contributed by atoms with Crippen LogP contribution >= 0.6 is 46.8 Å². The number of rotatable bonds is 5. The van der Waals surface area contributed by atoms with E-state index in [2.05, 4.69) is 0 Å². The van der Waals surface area contributed by atoms with Gasteiger partial charge in [-0.2, -0.15) is 0 Å². The van der Waals surface area contributed by atoms with Crippen LogP contribution in [0, 0.1) is 0 Å². The van der Waals surface area contributed by atoms with Crippen molar-refractivity contribution in [3.05, 3.63) is 131 Å². The number of Topliss-reactive ketones (excluding diaryl/α,β-unsaturated/α-hetero) is 1. The van der Waals surface area contributed by atoms with Gasteiger partial charge in [0, 0.05) is 32.7 Å². The maximum Gasteiger partial charge on any atom is 0.274 e. The van der Waals surface area contributed by atoms with Crippen LogP contribution in [0.1, 0.15) is 27.4 Å². The second-order valence-corrected chi connectivity index (χ2v) is 10.7. The summed E-state index contributed by atoms with van der Waals surface area (Å²) in [6, 6.07) is 23.0. The first kappa shape index (κ1) is 25.2. The predicted molar refractivity (Wildman–Crippen MR) is 155 cm³/mol. The molecule has 5 nitrogen and oxygen atoms in total. The molecule has 0 saturated carbocycles. The van der Waals surface area contributed by atoms with Crippen molar-refractivity contribution < 1.29 is 4.79 Å². The summed E-state index contributed by atoms with van der Waals surface area (Å²) in [5.74, 6) is -0.845. The number of hydrogen-bond donors (Lipinski definition) is 2. The number of benzene rings is 3. The second-order valence-electron chi connectivity index (χ2n) is 8.36. The Morgan fingerprint density at radius 1 is 0.919 bits per heavy atom. The predicted octanol–water partition coefficient (Wildman–Crippen LogP) is 4.29. The molecule has 1 atom stereocenters. The summed E-state index contributed by atoms with van der Waals surface area (Å²) >= 11 is 18.8. The van der Waals surface area contributed by atoms with Crippen LogP contribution in [0.2, 0.25) is 10.0 Å². The molecule has 0 saturated heterocycles. The van der Waals surface area contributed by atoms with Crippen LogP contribution < -0.4 is 26.2 Å². The van der Waals surface area contributed by atoms with Crippen molar-refractivity contribution in [3.8, 4) is 0 Å². The number of thiocarbonyl (C=S) groups is 1. The summed E-state index contributed by atoms with van der Waals surface area (Å²) < 4.78 is 2.16. The summed E-state index contributed by atoms with van der Waals surface area (Å²) in [4.78, 5) is 27.7. The van der Waals surface area contributed by atoms with Gasteiger partial charge in [-0.25, -0.2) is 0 Å². The number of carbonyl (C=O) groups excluding carboxylic acids is 1. The Labute approximate surface area is 231 Å². The van der Waals surface area contributed by atoms with Crippen LogP contribution in [0.15, 0.2) is 89.2 Å². The molecule has 0 aliphatic carbocycles. The molecule has 0 unspecified atom stereocenters. The lowest BCUT2D eigenvalue weighted by atomic mass is 9.80. The van der Waals surface area contributed by atoms with Gasteiger partial charge in [0.2, 0.25) is 0 Å². The molecule has 37 heavy (non-hydrogen) atoms. The Bertz CT molecular complexity index is 1760. The van der Waals surface area contributed by atoms with Gasteiger partial charge in [0.05, 0.1) is 4.53 Å². The average Bonchev–Trinajstić information content (AvgIpc) is 3.21. The maximum atomic E-state index is 14.1. The van der Waals surface area contributed by atoms with Crippen molar-refractivity contribution in [2.75, 3.05) is 0 Å². The van der Waals surface area contributed by atoms with Crippen LogP contribution in [0.5, 0.6) is 0 Å². The van der Waals surface area contributed by atoms with Crippen molar-refractivity contribution in [1.82, 2.24) is 4.57 Å². The fourth-order valence-electron chi connectivity index (χ4n) is 4.36. The molecule has 0 bridgehead atoms. The molecule has 4 N–H and O–H groups in total. The third-order valence-electron chi connectivity index (χ3n) is 6.07. The summed E-state index contributed by atoms with van der Waals surface area (Å²) in [5.41, 5.74) is 15.1. The third-order valence-corrected chi connectivity index (χ3v) is 7.90. The van der Waals surface area contributed by atoms with E-state index in [1.54, 1.807) is 78.9 Å². The molecule has 2 heterocycles. The van der Waals surface area contributed by atoms with E-state index in [0.717, 1.165) is 11.1 Å². The van der Waals surface area contributed by atoms with E-state index < -0.39 is 5.92 Å². The lowest BCUT2D eigenvalue weighted by Crippen LogP contribution is -2.42. The van der Waals surface area contributed by atoms with Crippen LogP contribution in [-0.4, -0.2) is 15.3 Å². The second kappa shape index (κ2) is 10.1. The van der Waals surface area contributed by atoms with Crippen molar-refractivity contribution in [1.29, 1.82) is 0 Å². The highest BCUT2D eigenvalue weighted by Gasteiger charge is 2.36. The van der Waals surface area contributed by atoms with Crippen molar-refractivity contribution in [2.24, 2.45) is 11.5 Å². The van der Waals surface area contributed by atoms with Gasteiger partial charge in [-0.1, -0.05) is 90.0 Å². The molecule has 1 aliphatic rings. The standard InChI is InChI=1S/C28H19Cl2N3O2S2/c29-18-10-6-15(7-11-18)14-20-27(35)33-25(31)23(26(32)36)21(16-8-12-19(30)13-9-16)22(28(33)37-20)24(34)17-4-2-1-3-5-17/h1-14,21H,31H2,(H2,32,36)/b20-14+/t21-/m0/s1. The van der Waals surface area contributed by atoms with Gasteiger partial charge < -0.3 is 11.5 Å². The molecule has 9 heteroatoms. The molecule has 3 aromatic carbocycles. The number of thiazole rings is 1. The van der Waals surface area contributed by atoms with E-state index in [1.165, 1.54) is 15.9 Å². The van der Waals surface area contributed by atoms with E-state index in [-0.39, 0.29) is 22.2 Å². The molecule has 1 aromatic heterocycles. The number of carbonyl (C=O) groups is 1. The lowest BCUT2D eigenvalue weighted by Gasteiger charge is -2.28. The number of fused-ring (bicyclic) bond motifs is 1. The minimum atomic E-state index is -0.691. The third kappa shape index (κ3) is 4.67. The minimum absolute atomic E-state index is 0.00259. The number of halogens is 2. The highest BCUT2D eigenvalue weighted by molar-refractivity contribution is 7.80. The normalized spacial score (nSPS) is 15.6. The zero-order chi connectivity index (χ0) is 26.3. The number of hydrogen-bond acceptors (Lipinski definition) is 5. The van der Waals surface area contributed by atoms with Crippen LogP contribution in [-0.2, 0) is 0 Å². The molecule has 1 aliphatic heterocycles. The number of ketones is 1. The lowest BCUT2D eigenvalue weighted by molar-refractivity contribution is 0.105. The first-order valence-electron chi connectivity index (χ1n) is 11.1. The molecule has 0 fully saturated rings. The van der Waals surface area contributed by atoms with Gasteiger partial charge in [-0.15, -0.1) is 11.3 Å². The first-order chi connectivity index (χ1) is 17.8. The Hall–Kier alpha value is -3.49. The van der Waals surface area contributed by atoms with Crippen LogP contribution in [0.25, 0.3) is 17.5 Å². The van der Waals surface area contributed by atoms with Gasteiger partial charge in [-0.05, 0) is 41.5 Å². The molecular formula is C28H19Cl2N3O2S2. The van der Waals surface area contributed by atoms with Gasteiger partial charge in [0.1, 0.15) is 15.5 Å². The van der Waals surface area contributed by atoms with E-state index in [0.29, 0.717) is 36.0 Å². The average molecular weight is 565 g/mol. The van der Waals surface area contributed by atoms with Crippen molar-refractivity contribution in [2.45, 2.75) is 5.92 Å². The number of aromatic nitrogens is 1. The van der Waals surface area contributed by atoms with E-state index in [4.69, 9.17) is 46.9 Å². The molecule has 4 aromatic rings. The van der Waals surface area contributed by atoms with Gasteiger partial charge in [-0.3, -0.25) is 14.2 Å². The Balaban J connectivity index is 1.89. The number of nitrogens with zero attached hydrogens (tertiary/aromatic N) is 1. The maximum absolute atomic E-state index is 14.1. The largest absolute Gasteiger partial charge is 0.390 e. The molecule has 0 spiro atoms. The summed E-state index contributed by atoms with van der Waals surface area (Å²) in [6.07, 6.45) is 1.74. The van der Waals surface area contributed by atoms with Gasteiger partial charge in [0.15, 0.2) is 5.78 Å². The van der Waals surface area contributed by atoms with E-state index in [1.807, 2.05) is 6.07 Å². The quantitative estimate of drug-likeness (QED) is 0.279. The first-order valence-corrected chi connectivity index (χ1v) is 13.1. The summed E-state index contributed by atoms with van der Waals surface area (Å²) in [5, 5.41) is 1.12. The summed E-state index contributed by atoms with van der Waals surface area (Å²) in [6.45, 7) is 0. The van der Waals surface area contributed by atoms with Crippen LogP contribution in [0.4, 0.5) is 0 Å². The Morgan fingerprint density at radius 2 is 1.51 bits per heavy atom. The van der Waals surface area contributed by atoms with E-state index >= 15 is 0 Å². The SMILES string of the molecule is NC(=S)C1=C(N)n2c(s/c(=C/c3ccc(Cl)cc3)c2=O)=C(C(=O)c2ccccc2)[C@@H]1c1ccc(Cl)cc1. The smallest absolute Gasteiger partial charge is 0.274 e. The molecule has 5 rings (SSSR count). The molecule has 0 amide bonds. The van der Waals surface area contributed by atoms with Gasteiger partial charge in [0.25, 0.3) is 5.56 Å². The summed E-state index contributed by atoms with van der Waals surface area (Å²) in [7, 11) is 0. The highest BCUT2D eigenvalue weighted by Crippen LogP contribution is 2.38. The van der Waals surface area contributed by atoms with Crippen LogP contribution in [0.3, 0.4) is 0 Å². The zero-order valence-electron chi connectivity index (χ0n) is 19.2. The van der Waals surface area contributed by atoms with Gasteiger partial charge >= 0.3 is 0 Å². The fraction of sp³-hybridized carbons (Fsp3) is 0.0357. The molecular weight excluding hydrogens is 545 g/mol. The molecule has 184 valence electrons. The van der Waals surface area contributed by atoms with Crippen molar-refractivity contribution >= 4 is 75.0 Å². The fourth-order valence-corrected chi connectivity index (χ4v) is 6.01. The Morgan fingerprint density at radius 3 is 2.11 bits per heavy atom. The monoisotopic (exact) mass is 563 g/mol. The minimum Gasteiger partial charge on any atom is -0.390 e. The zero-order valence-corrected chi connectivity index (χ0v) is 22.3. The highest BCUT2D eigenvalue weighted by atomic mass is 35.5. The Kier molecular flexibility index (Phi) is 6.88.